The van der Waals surface area contributed by atoms with Crippen LogP contribution in [0, 0.1) is 23.7 Å². The van der Waals surface area contributed by atoms with Crippen LogP contribution in [-0.4, -0.2) is 42.2 Å². The maximum absolute atomic E-state index is 4.78. The summed E-state index contributed by atoms with van der Waals surface area (Å²) < 4.78 is 0. The molecule has 40 heavy (non-hydrogen) atoms. The van der Waals surface area contributed by atoms with Crippen molar-refractivity contribution in [2.45, 2.75) is 83.0 Å². The Bertz CT molecular complexity index is 1300. The molecule has 1 aromatic carbocycles. The Balaban J connectivity index is 1.58. The minimum Gasteiger partial charge on any atom is -0.237 e. The maximum atomic E-state index is 4.78. The Morgan fingerprint density at radius 3 is 1.75 bits per heavy atom. The minimum absolute atomic E-state index is 0.300. The average Bonchev–Trinajstić information content (AvgIpc) is 2.91. The van der Waals surface area contributed by atoms with E-state index in [1.807, 2.05) is 36.9 Å². The van der Waals surface area contributed by atoms with Gasteiger partial charge in [0, 0.05) is 38.9 Å². The van der Waals surface area contributed by atoms with Crippen molar-refractivity contribution in [1.82, 2.24) is 19.9 Å². The molecule has 7 rings (SSSR count). The topological polar surface area (TPSA) is 51.6 Å². The summed E-state index contributed by atoms with van der Waals surface area (Å²) in [5, 5.41) is 3.40. The number of aromatic nitrogens is 4. The van der Waals surface area contributed by atoms with E-state index in [-0.39, 0.29) is 0 Å². The predicted octanol–water partition coefficient (Wildman–Crippen LogP) is 5.56. The molecule has 0 aliphatic heterocycles. The highest BCUT2D eigenvalue weighted by atomic mass is 31.1. The lowest BCUT2D eigenvalue weighted by molar-refractivity contribution is -0.0520. The molecule has 4 fully saturated rings. The van der Waals surface area contributed by atoms with Crippen molar-refractivity contribution in [2.24, 2.45) is 23.7 Å². The number of hydrogen-bond acceptors (Lipinski definition) is 4. The summed E-state index contributed by atoms with van der Waals surface area (Å²) in [6.45, 7) is 15.3. The molecule has 4 atom stereocenters. The van der Waals surface area contributed by atoms with Crippen molar-refractivity contribution in [3.8, 4) is 0 Å². The molecular formula is C32H46N4P2Si2. The monoisotopic (exact) mass is 604 g/mol. The summed E-state index contributed by atoms with van der Waals surface area (Å²) in [6, 6.07) is 9.33. The summed E-state index contributed by atoms with van der Waals surface area (Å²) in [5.41, 5.74) is 5.33. The fraction of sp³-hybridized carbons (Fsp3) is 0.562. The zero-order valence-corrected chi connectivity index (χ0v) is 29.2. The van der Waals surface area contributed by atoms with Crippen molar-refractivity contribution in [3.63, 3.8) is 0 Å². The molecule has 8 heteroatoms. The van der Waals surface area contributed by atoms with E-state index in [9.17, 15) is 0 Å². The molecular weight excluding hydrogens is 559 g/mol. The summed E-state index contributed by atoms with van der Waals surface area (Å²) >= 11 is 0. The van der Waals surface area contributed by atoms with E-state index in [1.54, 1.807) is 21.5 Å². The Morgan fingerprint density at radius 1 is 0.775 bits per heavy atom. The van der Waals surface area contributed by atoms with Crippen molar-refractivity contribution in [3.05, 3.63) is 60.2 Å². The van der Waals surface area contributed by atoms with Gasteiger partial charge in [0.1, 0.15) is 0 Å². The normalized spacial score (nSPS) is 27.9. The number of rotatable bonds is 8. The molecule has 4 unspecified atom stereocenters. The number of benzene rings is 1. The van der Waals surface area contributed by atoms with Crippen LogP contribution in [0.15, 0.2) is 49.1 Å². The molecule has 0 N–H and O–H groups in total. The van der Waals surface area contributed by atoms with E-state index in [0.29, 0.717) is 5.41 Å². The lowest BCUT2D eigenvalue weighted by Gasteiger charge is -2.62. The fourth-order valence-corrected chi connectivity index (χ4v) is 16.6. The van der Waals surface area contributed by atoms with E-state index in [1.165, 1.54) is 38.3 Å². The van der Waals surface area contributed by atoms with Gasteiger partial charge in [0.15, 0.2) is 11.1 Å². The zero-order chi connectivity index (χ0) is 28.3. The zero-order valence-electron chi connectivity index (χ0n) is 25.2. The smallest absolute Gasteiger partial charge is 0.158 e. The molecule has 0 saturated heterocycles. The highest BCUT2D eigenvalue weighted by Gasteiger charge is 2.57. The van der Waals surface area contributed by atoms with Crippen molar-refractivity contribution in [1.29, 1.82) is 0 Å². The fourth-order valence-electron chi connectivity index (χ4n) is 8.73. The third-order valence-electron chi connectivity index (χ3n) is 10.1. The Labute approximate surface area is 247 Å². The molecule has 0 radical (unpaired) electrons. The summed E-state index contributed by atoms with van der Waals surface area (Å²) in [4.78, 5) is 19.1. The van der Waals surface area contributed by atoms with Gasteiger partial charge in [-0.25, -0.2) is 19.9 Å². The largest absolute Gasteiger partial charge is 0.237 e. The van der Waals surface area contributed by atoms with E-state index < -0.39 is 24.1 Å². The van der Waals surface area contributed by atoms with Gasteiger partial charge in [-0.05, 0) is 90.6 Å². The standard InChI is InChI=1S/C32H46N4P2Si2/c1-39(2,3)28-16-25(21-38(30-33-9-7-10-34-30)31-35-11-8-12-36-31)26(17-29(28)40(4,5)6)32-18-22-13-23(19-32)15-24(14-22)27(32)20-37/h7-12,16-17,22-24,27H,13-15,18-21,37H2,1-6H3. The van der Waals surface area contributed by atoms with Gasteiger partial charge < -0.3 is 0 Å². The Kier molecular flexibility index (Phi) is 7.73. The highest BCUT2D eigenvalue weighted by molar-refractivity contribution is 7.71. The first kappa shape index (κ1) is 28.8. The van der Waals surface area contributed by atoms with Gasteiger partial charge in [0.25, 0.3) is 0 Å². The van der Waals surface area contributed by atoms with Crippen molar-refractivity contribution < 1.29 is 0 Å². The van der Waals surface area contributed by atoms with Crippen LogP contribution in [-0.2, 0) is 11.6 Å². The van der Waals surface area contributed by atoms with Gasteiger partial charge in [0.2, 0.25) is 0 Å². The van der Waals surface area contributed by atoms with E-state index in [2.05, 4.69) is 60.7 Å². The summed E-state index contributed by atoms with van der Waals surface area (Å²) in [7, 11) is -0.888. The molecule has 4 bridgehead atoms. The van der Waals surface area contributed by atoms with Gasteiger partial charge in [-0.3, -0.25) is 0 Å². The molecule has 4 saturated carbocycles. The van der Waals surface area contributed by atoms with Gasteiger partial charge in [-0.2, -0.15) is 0 Å². The second-order valence-corrected chi connectivity index (χ2v) is 27.4. The van der Waals surface area contributed by atoms with Gasteiger partial charge in [0.05, 0.1) is 16.1 Å². The van der Waals surface area contributed by atoms with Crippen molar-refractivity contribution in [2.75, 3.05) is 6.16 Å². The van der Waals surface area contributed by atoms with Gasteiger partial charge >= 0.3 is 0 Å². The third kappa shape index (κ3) is 5.21. The van der Waals surface area contributed by atoms with Gasteiger partial charge in [-0.1, -0.05) is 61.8 Å². The van der Waals surface area contributed by atoms with Crippen LogP contribution in [0.3, 0.4) is 0 Å². The molecule has 2 aromatic heterocycles. The van der Waals surface area contributed by atoms with Crippen LogP contribution in [0.5, 0.6) is 0 Å². The number of nitrogens with zero attached hydrogens (tertiary/aromatic N) is 4. The number of hydrogen-bond donors (Lipinski definition) is 0. The van der Waals surface area contributed by atoms with Crippen LogP contribution < -0.4 is 21.5 Å². The van der Waals surface area contributed by atoms with Crippen LogP contribution in [0.2, 0.25) is 39.3 Å². The molecule has 0 amide bonds. The quantitative estimate of drug-likeness (QED) is 0.250. The first-order valence-corrected chi connectivity index (χ1v) is 24.5. The first-order valence-electron chi connectivity index (χ1n) is 15.2. The van der Waals surface area contributed by atoms with Crippen LogP contribution in [0.25, 0.3) is 0 Å². The minimum atomic E-state index is -1.59. The average molecular weight is 605 g/mol. The van der Waals surface area contributed by atoms with E-state index >= 15 is 0 Å². The summed E-state index contributed by atoms with van der Waals surface area (Å²) in [6.07, 6.45) is 16.8. The maximum Gasteiger partial charge on any atom is 0.158 e. The van der Waals surface area contributed by atoms with E-state index in [4.69, 9.17) is 19.9 Å². The first-order chi connectivity index (χ1) is 19.0. The van der Waals surface area contributed by atoms with Gasteiger partial charge in [-0.15, -0.1) is 9.24 Å². The summed E-state index contributed by atoms with van der Waals surface area (Å²) in [5.74, 6) is 3.46. The predicted molar refractivity (Wildman–Crippen MR) is 180 cm³/mol. The van der Waals surface area contributed by atoms with Crippen LogP contribution in [0.4, 0.5) is 0 Å². The molecule has 4 aliphatic carbocycles. The second-order valence-electron chi connectivity index (χ2n) is 14.8. The van der Waals surface area contributed by atoms with Crippen molar-refractivity contribution >= 4 is 54.8 Å². The van der Waals surface area contributed by atoms with Crippen LogP contribution >= 0.6 is 17.2 Å². The molecule has 212 valence electrons. The second kappa shape index (κ2) is 10.7. The molecule has 0 spiro atoms. The third-order valence-corrected chi connectivity index (χ3v) is 17.0. The molecule has 4 aliphatic rings. The molecule has 2 heterocycles. The SMILES string of the molecule is C[Si](C)(C)c1cc(CP(c2ncccn2)c2ncccn2)c(C23CC4CC(CC(C4)C2CP)C3)cc1[Si](C)(C)C. The molecule has 3 aromatic rings. The van der Waals surface area contributed by atoms with Crippen LogP contribution in [0.1, 0.15) is 43.2 Å². The molecule has 4 nitrogen and oxygen atoms in total. The lowest BCUT2D eigenvalue weighted by Crippen LogP contribution is -2.59. The van der Waals surface area contributed by atoms with E-state index in [0.717, 1.165) is 41.0 Å². The highest BCUT2D eigenvalue weighted by Crippen LogP contribution is 2.64. The Hall–Kier alpha value is -1.33. The Morgan fingerprint density at radius 2 is 1.27 bits per heavy atom. The lowest BCUT2D eigenvalue weighted by atomic mass is 9.43.